The third kappa shape index (κ3) is 1.07. The third-order valence-corrected chi connectivity index (χ3v) is 4.94. The van der Waals surface area contributed by atoms with Crippen LogP contribution >= 0.6 is 22.7 Å². The molecule has 3 heteroatoms. The molecule has 0 bridgehead atoms. The predicted octanol–water partition coefficient (Wildman–Crippen LogP) is 2.00. The summed E-state index contributed by atoms with van der Waals surface area (Å²) in [6.07, 6.45) is 4.05. The summed E-state index contributed by atoms with van der Waals surface area (Å²) in [5, 5.41) is 0. The van der Waals surface area contributed by atoms with Gasteiger partial charge in [-0.3, -0.25) is 0 Å². The summed E-state index contributed by atoms with van der Waals surface area (Å²) < 4.78 is 1.40. The van der Waals surface area contributed by atoms with Gasteiger partial charge in [-0.1, -0.05) is 0 Å². The van der Waals surface area contributed by atoms with Gasteiger partial charge in [0, 0.05) is 0 Å². The zero-order valence-corrected chi connectivity index (χ0v) is 8.19. The van der Waals surface area contributed by atoms with E-state index in [4.69, 9.17) is 0 Å². The number of hydrogen-bond acceptors (Lipinski definition) is 2. The average molecular weight is 221 g/mol. The Labute approximate surface area is 69.9 Å². The van der Waals surface area contributed by atoms with Gasteiger partial charge in [-0.2, -0.15) is 0 Å². The second-order valence-electron chi connectivity index (χ2n) is 2.15. The molecule has 0 nitrogen and oxygen atoms in total. The fourth-order valence-electron chi connectivity index (χ4n) is 1.13. The molecule has 1 aromatic rings. The van der Waals surface area contributed by atoms with Gasteiger partial charge >= 0.3 is 70.0 Å². The number of rotatable bonds is 0. The molecule has 48 valence electrons. The SMILES string of the molecule is [Se]=c1sc2c(s1)CCC2. The molecule has 0 saturated carbocycles. The summed E-state index contributed by atoms with van der Waals surface area (Å²) >= 11 is 6.95. The standard InChI is InChI=1S/C6H6S2Se/c9-6-7-4-2-1-3-5(4)8-6/h1-3H2. The molecule has 0 N–H and O–H groups in total. The van der Waals surface area contributed by atoms with Crippen molar-refractivity contribution in [3.05, 3.63) is 12.4 Å². The average Bonchev–Trinajstić information content (AvgIpc) is 2.22. The van der Waals surface area contributed by atoms with Gasteiger partial charge in [0.15, 0.2) is 0 Å². The molecule has 0 atom stereocenters. The van der Waals surface area contributed by atoms with Crippen LogP contribution in [0, 0.1) is 2.69 Å². The topological polar surface area (TPSA) is 0 Å². The van der Waals surface area contributed by atoms with Crippen molar-refractivity contribution in [2.45, 2.75) is 19.3 Å². The molecular weight excluding hydrogens is 215 g/mol. The Hall–Kier alpha value is 0.569. The first-order valence-corrected chi connectivity index (χ1v) is 5.47. The predicted molar refractivity (Wildman–Crippen MR) is 43.2 cm³/mol. The van der Waals surface area contributed by atoms with Crippen molar-refractivity contribution in [1.29, 1.82) is 0 Å². The van der Waals surface area contributed by atoms with Crippen LogP contribution in [0.4, 0.5) is 0 Å². The molecule has 9 heavy (non-hydrogen) atoms. The number of hydrogen-bond donors (Lipinski definition) is 0. The molecule has 1 aliphatic rings. The van der Waals surface area contributed by atoms with Gasteiger partial charge in [-0.15, -0.1) is 0 Å². The molecule has 0 saturated heterocycles. The van der Waals surface area contributed by atoms with Crippen molar-refractivity contribution < 1.29 is 0 Å². The third-order valence-electron chi connectivity index (χ3n) is 1.53. The Balaban J connectivity index is 2.64. The van der Waals surface area contributed by atoms with E-state index in [-0.39, 0.29) is 0 Å². The monoisotopic (exact) mass is 222 g/mol. The number of fused-ring (bicyclic) bond motifs is 1. The van der Waals surface area contributed by atoms with E-state index >= 15 is 0 Å². The van der Waals surface area contributed by atoms with Crippen LogP contribution in [0.1, 0.15) is 16.2 Å². The van der Waals surface area contributed by atoms with E-state index in [1.165, 1.54) is 22.0 Å². The van der Waals surface area contributed by atoms with Crippen molar-refractivity contribution in [3.63, 3.8) is 0 Å². The first-order chi connectivity index (χ1) is 4.36. The second-order valence-corrected chi connectivity index (χ2v) is 6.65. The Morgan fingerprint density at radius 2 is 1.67 bits per heavy atom. The van der Waals surface area contributed by atoms with Crippen LogP contribution in [0.3, 0.4) is 0 Å². The van der Waals surface area contributed by atoms with Gasteiger partial charge < -0.3 is 0 Å². The van der Waals surface area contributed by atoms with Crippen molar-refractivity contribution in [3.8, 4) is 0 Å². The molecule has 1 heterocycles. The normalized spacial score (nSPS) is 16.0. The molecule has 0 unspecified atom stereocenters. The summed E-state index contributed by atoms with van der Waals surface area (Å²) in [5.41, 5.74) is 0. The molecule has 1 aliphatic carbocycles. The Morgan fingerprint density at radius 3 is 2.22 bits per heavy atom. The quantitative estimate of drug-likeness (QED) is 0.588. The van der Waals surface area contributed by atoms with E-state index in [0.29, 0.717) is 0 Å². The van der Waals surface area contributed by atoms with Crippen molar-refractivity contribution in [2.75, 3.05) is 0 Å². The zero-order chi connectivity index (χ0) is 6.27. The first kappa shape index (κ1) is 6.29. The van der Waals surface area contributed by atoms with E-state index in [2.05, 4.69) is 15.6 Å². The van der Waals surface area contributed by atoms with Gasteiger partial charge in [0.1, 0.15) is 0 Å². The fraction of sp³-hybridized carbons (Fsp3) is 0.500. The Bertz CT molecular complexity index is 246. The molecule has 0 fully saturated rings. The van der Waals surface area contributed by atoms with Crippen molar-refractivity contribution in [1.82, 2.24) is 0 Å². The van der Waals surface area contributed by atoms with Gasteiger partial charge in [0.05, 0.1) is 0 Å². The summed E-state index contributed by atoms with van der Waals surface area (Å²) in [5.74, 6) is 0. The van der Waals surface area contributed by atoms with Crippen molar-refractivity contribution >= 4 is 38.2 Å². The summed E-state index contributed by atoms with van der Waals surface area (Å²) in [4.78, 5) is 3.27. The summed E-state index contributed by atoms with van der Waals surface area (Å²) in [7, 11) is 0. The molecule has 0 radical (unpaired) electrons. The van der Waals surface area contributed by atoms with Gasteiger partial charge in [0.25, 0.3) is 0 Å². The molecule has 1 aromatic heterocycles. The van der Waals surface area contributed by atoms with Crippen molar-refractivity contribution in [2.24, 2.45) is 0 Å². The molecule has 0 amide bonds. The van der Waals surface area contributed by atoms with Crippen LogP contribution in [0.15, 0.2) is 0 Å². The van der Waals surface area contributed by atoms with Crippen LogP contribution in [-0.4, -0.2) is 15.6 Å². The molecule has 0 spiro atoms. The van der Waals surface area contributed by atoms with Gasteiger partial charge in [-0.05, 0) is 0 Å². The minimum absolute atomic E-state index is 1.33. The molecule has 0 aliphatic heterocycles. The van der Waals surface area contributed by atoms with E-state index < -0.39 is 0 Å². The van der Waals surface area contributed by atoms with Crippen LogP contribution < -0.4 is 0 Å². The molecular formula is C6H6S2Se. The van der Waals surface area contributed by atoms with Crippen LogP contribution in [0.25, 0.3) is 0 Å². The van der Waals surface area contributed by atoms with Crippen LogP contribution in [0.5, 0.6) is 0 Å². The van der Waals surface area contributed by atoms with E-state index in [1.54, 1.807) is 9.75 Å². The van der Waals surface area contributed by atoms with Gasteiger partial charge in [0.2, 0.25) is 0 Å². The Morgan fingerprint density at radius 1 is 1.11 bits per heavy atom. The fourth-order valence-corrected chi connectivity index (χ4v) is 4.74. The molecule has 2 rings (SSSR count). The number of aryl methyl sites for hydroxylation is 2. The minimum atomic E-state index is 1.33. The second kappa shape index (κ2) is 2.31. The van der Waals surface area contributed by atoms with Crippen LogP contribution in [-0.2, 0) is 12.8 Å². The van der Waals surface area contributed by atoms with Gasteiger partial charge in [-0.25, -0.2) is 0 Å². The zero-order valence-electron chi connectivity index (χ0n) is 4.85. The maximum absolute atomic E-state index is 3.07. The first-order valence-electron chi connectivity index (χ1n) is 2.98. The van der Waals surface area contributed by atoms with E-state index in [9.17, 15) is 0 Å². The summed E-state index contributed by atoms with van der Waals surface area (Å²) in [6.45, 7) is 0. The van der Waals surface area contributed by atoms with E-state index in [0.717, 1.165) is 0 Å². The maximum atomic E-state index is 3.07. The molecule has 0 aromatic carbocycles. The Kier molecular flexibility index (Phi) is 1.62. The van der Waals surface area contributed by atoms with E-state index in [1.807, 2.05) is 22.7 Å². The van der Waals surface area contributed by atoms with Crippen LogP contribution in [0.2, 0.25) is 0 Å². The summed E-state index contributed by atoms with van der Waals surface area (Å²) in [6, 6.07) is 0.